The fourth-order valence-corrected chi connectivity index (χ4v) is 3.45. The van der Waals surface area contributed by atoms with Crippen LogP contribution in [0, 0.1) is 17.2 Å². The number of amides is 1. The third-order valence-electron chi connectivity index (χ3n) is 4.81. The highest BCUT2D eigenvalue weighted by atomic mass is 19.1. The first-order valence-corrected chi connectivity index (χ1v) is 8.04. The molecule has 0 bridgehead atoms. The van der Waals surface area contributed by atoms with Gasteiger partial charge in [0.25, 0.3) is 5.91 Å². The number of hydrogen-bond donors (Lipinski definition) is 0. The number of aromatic nitrogens is 3. The van der Waals surface area contributed by atoms with E-state index in [4.69, 9.17) is 9.47 Å². The SMILES string of the molecule is O=C(c1cnccn1)N1C[C@@H]2COC[C@]2(COc2ncccc2F)C1. The van der Waals surface area contributed by atoms with Crippen LogP contribution >= 0.6 is 0 Å². The standard InChI is InChI=1S/C17H17FN4O3/c18-13-2-1-3-21-15(13)25-11-17-9-22(7-12(17)8-24-10-17)16(23)14-6-19-4-5-20-14/h1-6,12H,7-11H2/t12-,17+/m1/s1. The number of nitrogens with zero attached hydrogens (tertiary/aromatic N) is 4. The number of rotatable bonds is 4. The van der Waals surface area contributed by atoms with Gasteiger partial charge in [0.1, 0.15) is 5.69 Å². The van der Waals surface area contributed by atoms with E-state index in [1.807, 2.05) is 0 Å². The van der Waals surface area contributed by atoms with E-state index in [9.17, 15) is 9.18 Å². The minimum absolute atomic E-state index is 0.0266. The van der Waals surface area contributed by atoms with Crippen LogP contribution in [0.5, 0.6) is 5.88 Å². The summed E-state index contributed by atoms with van der Waals surface area (Å²) in [5.74, 6) is -0.549. The molecule has 0 aromatic carbocycles. The van der Waals surface area contributed by atoms with Gasteiger partial charge in [-0.25, -0.2) is 14.4 Å². The highest BCUT2D eigenvalue weighted by Crippen LogP contribution is 2.42. The Bertz CT molecular complexity index is 775. The normalized spacial score (nSPS) is 25.0. The minimum atomic E-state index is -0.500. The lowest BCUT2D eigenvalue weighted by molar-refractivity contribution is 0.0645. The van der Waals surface area contributed by atoms with Gasteiger partial charge in [0.05, 0.1) is 31.4 Å². The average molecular weight is 344 g/mol. The molecule has 4 heterocycles. The van der Waals surface area contributed by atoms with E-state index < -0.39 is 5.82 Å². The summed E-state index contributed by atoms with van der Waals surface area (Å²) in [6.45, 7) is 2.30. The van der Waals surface area contributed by atoms with E-state index in [2.05, 4.69) is 15.0 Å². The predicted molar refractivity (Wildman–Crippen MR) is 84.4 cm³/mol. The van der Waals surface area contributed by atoms with E-state index in [0.717, 1.165) is 0 Å². The fraction of sp³-hybridized carbons (Fsp3) is 0.412. The number of likely N-dealkylation sites (tertiary alicyclic amines) is 1. The van der Waals surface area contributed by atoms with Gasteiger partial charge in [-0.05, 0) is 12.1 Å². The smallest absolute Gasteiger partial charge is 0.274 e. The van der Waals surface area contributed by atoms with Crippen molar-refractivity contribution in [1.29, 1.82) is 0 Å². The van der Waals surface area contributed by atoms with Crippen LogP contribution in [0.1, 0.15) is 10.5 Å². The van der Waals surface area contributed by atoms with Crippen molar-refractivity contribution in [1.82, 2.24) is 19.9 Å². The molecule has 0 unspecified atom stereocenters. The Morgan fingerprint density at radius 3 is 3.12 bits per heavy atom. The van der Waals surface area contributed by atoms with Crippen LogP contribution in [0.4, 0.5) is 4.39 Å². The van der Waals surface area contributed by atoms with Crippen molar-refractivity contribution in [2.24, 2.45) is 11.3 Å². The van der Waals surface area contributed by atoms with E-state index >= 15 is 0 Å². The molecule has 2 saturated heterocycles. The van der Waals surface area contributed by atoms with Crippen LogP contribution in [-0.2, 0) is 4.74 Å². The maximum atomic E-state index is 13.7. The third kappa shape index (κ3) is 2.93. The molecule has 2 aliphatic rings. The molecule has 25 heavy (non-hydrogen) atoms. The first-order chi connectivity index (χ1) is 12.2. The lowest BCUT2D eigenvalue weighted by atomic mass is 9.82. The van der Waals surface area contributed by atoms with Crippen LogP contribution in [0.2, 0.25) is 0 Å². The zero-order chi connectivity index (χ0) is 17.3. The summed E-state index contributed by atoms with van der Waals surface area (Å²) in [6.07, 6.45) is 5.96. The Kier molecular flexibility index (Phi) is 4.04. The molecule has 2 aromatic rings. The van der Waals surface area contributed by atoms with E-state index in [0.29, 0.717) is 32.0 Å². The Morgan fingerprint density at radius 1 is 1.40 bits per heavy atom. The second-order valence-corrected chi connectivity index (χ2v) is 6.43. The van der Waals surface area contributed by atoms with Crippen molar-refractivity contribution in [3.63, 3.8) is 0 Å². The Morgan fingerprint density at radius 2 is 2.32 bits per heavy atom. The molecule has 0 saturated carbocycles. The van der Waals surface area contributed by atoms with Gasteiger partial charge in [0.15, 0.2) is 5.82 Å². The number of carbonyl (C=O) groups is 1. The number of carbonyl (C=O) groups excluding carboxylic acids is 1. The molecule has 2 atom stereocenters. The summed E-state index contributed by atoms with van der Waals surface area (Å²) in [4.78, 5) is 26.3. The van der Waals surface area contributed by atoms with Gasteiger partial charge in [-0.15, -0.1) is 0 Å². The number of ether oxygens (including phenoxy) is 2. The van der Waals surface area contributed by atoms with Crippen molar-refractivity contribution < 1.29 is 18.7 Å². The highest BCUT2D eigenvalue weighted by molar-refractivity contribution is 5.92. The lowest BCUT2D eigenvalue weighted by Crippen LogP contribution is -2.38. The summed E-state index contributed by atoms with van der Waals surface area (Å²) in [5, 5.41) is 0. The molecule has 4 rings (SSSR count). The van der Waals surface area contributed by atoms with Gasteiger partial charge in [-0.2, -0.15) is 0 Å². The van der Waals surface area contributed by atoms with Crippen molar-refractivity contribution in [2.75, 3.05) is 32.9 Å². The van der Waals surface area contributed by atoms with Crippen LogP contribution in [-0.4, -0.2) is 58.7 Å². The third-order valence-corrected chi connectivity index (χ3v) is 4.81. The predicted octanol–water partition coefficient (Wildman–Crippen LogP) is 1.18. The summed E-state index contributed by atoms with van der Waals surface area (Å²) < 4.78 is 25.0. The molecule has 7 nitrogen and oxygen atoms in total. The number of fused-ring (bicyclic) bond motifs is 1. The van der Waals surface area contributed by atoms with Crippen molar-refractivity contribution in [3.05, 3.63) is 48.4 Å². The fourth-order valence-electron chi connectivity index (χ4n) is 3.45. The number of halogens is 1. The molecular weight excluding hydrogens is 327 g/mol. The molecule has 1 amide bonds. The maximum absolute atomic E-state index is 13.7. The van der Waals surface area contributed by atoms with Crippen molar-refractivity contribution in [2.45, 2.75) is 0 Å². The van der Waals surface area contributed by atoms with Crippen LogP contribution in [0.15, 0.2) is 36.9 Å². The molecule has 2 aromatic heterocycles. The van der Waals surface area contributed by atoms with Gasteiger partial charge < -0.3 is 14.4 Å². The van der Waals surface area contributed by atoms with Crippen molar-refractivity contribution in [3.8, 4) is 5.88 Å². The van der Waals surface area contributed by atoms with Crippen LogP contribution in [0.3, 0.4) is 0 Å². The van der Waals surface area contributed by atoms with E-state index in [-0.39, 0.29) is 29.7 Å². The van der Waals surface area contributed by atoms with Crippen LogP contribution < -0.4 is 4.74 Å². The average Bonchev–Trinajstić information content (AvgIpc) is 3.18. The number of pyridine rings is 1. The van der Waals surface area contributed by atoms with Gasteiger partial charge in [-0.1, -0.05) is 0 Å². The summed E-state index contributed by atoms with van der Waals surface area (Å²) in [7, 11) is 0. The molecule has 130 valence electrons. The topological polar surface area (TPSA) is 77.4 Å². The van der Waals surface area contributed by atoms with Gasteiger partial charge in [0, 0.05) is 37.6 Å². The maximum Gasteiger partial charge on any atom is 0.274 e. The molecular formula is C17H17FN4O3. The van der Waals surface area contributed by atoms with E-state index in [1.54, 1.807) is 4.90 Å². The summed E-state index contributed by atoms with van der Waals surface area (Å²) in [6, 6.07) is 2.82. The molecule has 2 aliphatic heterocycles. The highest BCUT2D eigenvalue weighted by Gasteiger charge is 2.52. The molecule has 2 fully saturated rings. The summed E-state index contributed by atoms with van der Waals surface area (Å²) in [5.41, 5.74) is -0.0443. The molecule has 0 radical (unpaired) electrons. The van der Waals surface area contributed by atoms with E-state index in [1.165, 1.54) is 36.9 Å². The molecule has 0 N–H and O–H groups in total. The summed E-state index contributed by atoms with van der Waals surface area (Å²) >= 11 is 0. The Balaban J connectivity index is 1.49. The quantitative estimate of drug-likeness (QED) is 0.829. The second kappa shape index (κ2) is 6.36. The van der Waals surface area contributed by atoms with Gasteiger partial charge in [-0.3, -0.25) is 9.78 Å². The Hall–Kier alpha value is -2.61. The van der Waals surface area contributed by atoms with Gasteiger partial charge in [0.2, 0.25) is 5.88 Å². The molecule has 0 spiro atoms. The zero-order valence-corrected chi connectivity index (χ0v) is 13.5. The van der Waals surface area contributed by atoms with Crippen molar-refractivity contribution >= 4 is 5.91 Å². The first-order valence-electron chi connectivity index (χ1n) is 8.04. The van der Waals surface area contributed by atoms with Gasteiger partial charge >= 0.3 is 0 Å². The largest absolute Gasteiger partial charge is 0.475 e. The van der Waals surface area contributed by atoms with Crippen LogP contribution in [0.25, 0.3) is 0 Å². The monoisotopic (exact) mass is 344 g/mol. The molecule has 0 aliphatic carbocycles. The molecule has 8 heteroatoms. The second-order valence-electron chi connectivity index (χ2n) is 6.43. The lowest BCUT2D eigenvalue weighted by Gasteiger charge is -2.26. The number of hydrogen-bond acceptors (Lipinski definition) is 6. The Labute approximate surface area is 143 Å². The minimum Gasteiger partial charge on any atom is -0.475 e. The first kappa shape index (κ1) is 15.9. The zero-order valence-electron chi connectivity index (χ0n) is 13.5.